The van der Waals surface area contributed by atoms with Gasteiger partial charge in [-0.3, -0.25) is 4.79 Å². The summed E-state index contributed by atoms with van der Waals surface area (Å²) in [7, 11) is 0. The number of hydrogen-bond donors (Lipinski definition) is 0. The number of carbonyl (C=O) groups is 1. The van der Waals surface area contributed by atoms with Gasteiger partial charge in [0, 0.05) is 5.69 Å². The first-order valence-corrected chi connectivity index (χ1v) is 8.06. The third-order valence-electron chi connectivity index (χ3n) is 5.00. The quantitative estimate of drug-likeness (QED) is 0.583. The van der Waals surface area contributed by atoms with Crippen molar-refractivity contribution in [2.45, 2.75) is 64.7 Å². The zero-order valence-electron chi connectivity index (χ0n) is 12.3. The monoisotopic (exact) mass is 291 g/mol. The number of aldehydes is 1. The second-order valence-corrected chi connectivity index (χ2v) is 7.45. The third kappa shape index (κ3) is 2.39. The zero-order valence-corrected chi connectivity index (χ0v) is 13.1. The van der Waals surface area contributed by atoms with Crippen LogP contribution in [-0.2, 0) is 12.8 Å². The lowest BCUT2D eigenvalue weighted by atomic mass is 9.73. The van der Waals surface area contributed by atoms with Gasteiger partial charge in [0.05, 0.1) is 5.56 Å². The molecule has 2 aliphatic carbocycles. The van der Waals surface area contributed by atoms with Gasteiger partial charge in [-0.25, -0.2) is 4.98 Å². The Morgan fingerprint density at radius 1 is 1.30 bits per heavy atom. The van der Waals surface area contributed by atoms with Crippen LogP contribution < -0.4 is 0 Å². The van der Waals surface area contributed by atoms with Gasteiger partial charge < -0.3 is 0 Å². The van der Waals surface area contributed by atoms with Crippen LogP contribution in [0.5, 0.6) is 0 Å². The summed E-state index contributed by atoms with van der Waals surface area (Å²) < 4.78 is 0. The fourth-order valence-corrected chi connectivity index (χ4v) is 4.15. The topological polar surface area (TPSA) is 30.0 Å². The average Bonchev–Trinajstić information content (AvgIpc) is 2.89. The molecule has 0 aromatic carbocycles. The second kappa shape index (κ2) is 5.14. The van der Waals surface area contributed by atoms with Gasteiger partial charge >= 0.3 is 0 Å². The second-order valence-electron chi connectivity index (χ2n) is 7.10. The predicted octanol–water partition coefficient (Wildman–Crippen LogP) is 4.72. The van der Waals surface area contributed by atoms with Crippen molar-refractivity contribution in [1.82, 2.24) is 4.98 Å². The summed E-state index contributed by atoms with van der Waals surface area (Å²) in [5, 5.41) is 0.415. The van der Waals surface area contributed by atoms with Crippen LogP contribution in [0, 0.1) is 5.41 Å². The minimum absolute atomic E-state index is 0.291. The predicted molar refractivity (Wildman–Crippen MR) is 81.6 cm³/mol. The van der Waals surface area contributed by atoms with Gasteiger partial charge in [-0.2, -0.15) is 0 Å². The van der Waals surface area contributed by atoms with Crippen LogP contribution in [-0.4, -0.2) is 11.3 Å². The Labute approximate surface area is 125 Å². The summed E-state index contributed by atoms with van der Waals surface area (Å²) >= 11 is 6.30. The fourth-order valence-electron chi connectivity index (χ4n) is 3.90. The molecule has 108 valence electrons. The highest BCUT2D eigenvalue weighted by Crippen LogP contribution is 2.44. The molecule has 3 rings (SSSR count). The minimum Gasteiger partial charge on any atom is -0.298 e. The largest absolute Gasteiger partial charge is 0.298 e. The maximum atomic E-state index is 11.5. The molecule has 1 fully saturated rings. The Balaban J connectivity index is 2.15. The summed E-state index contributed by atoms with van der Waals surface area (Å²) in [6, 6.07) is 0. The van der Waals surface area contributed by atoms with Crippen molar-refractivity contribution in [3.63, 3.8) is 0 Å². The van der Waals surface area contributed by atoms with Gasteiger partial charge in [-0.05, 0) is 54.6 Å². The normalized spacial score (nSPS) is 21.8. The van der Waals surface area contributed by atoms with Crippen molar-refractivity contribution in [2.75, 3.05) is 0 Å². The Bertz CT molecular complexity index is 544. The first-order valence-electron chi connectivity index (χ1n) is 7.68. The van der Waals surface area contributed by atoms with Crippen LogP contribution in [0.25, 0.3) is 0 Å². The molecule has 2 nitrogen and oxygen atoms in total. The summed E-state index contributed by atoms with van der Waals surface area (Å²) in [6.45, 7) is 4.57. The number of carbonyl (C=O) groups excluding carboxylic acids is 1. The molecule has 1 aromatic rings. The Morgan fingerprint density at radius 2 is 2.00 bits per heavy atom. The summed E-state index contributed by atoms with van der Waals surface area (Å²) in [5.41, 5.74) is 4.67. The van der Waals surface area contributed by atoms with Crippen molar-refractivity contribution in [1.29, 1.82) is 0 Å². The molecule has 1 heterocycles. The van der Waals surface area contributed by atoms with E-state index in [2.05, 4.69) is 18.8 Å². The standard InChI is InChI=1S/C17H22ClNO/c1-17(2)8-7-12-14(9-17)19-16(18)13(10-20)15(12)11-5-3-4-6-11/h10-11H,3-9H2,1-2H3. The first-order chi connectivity index (χ1) is 9.52. The lowest BCUT2D eigenvalue weighted by molar-refractivity contribution is 0.112. The van der Waals surface area contributed by atoms with E-state index in [0.29, 0.717) is 22.0 Å². The number of pyridine rings is 1. The van der Waals surface area contributed by atoms with Crippen LogP contribution in [0.15, 0.2) is 0 Å². The van der Waals surface area contributed by atoms with Crippen molar-refractivity contribution in [3.8, 4) is 0 Å². The molecule has 2 aliphatic rings. The summed E-state index contributed by atoms with van der Waals surface area (Å²) in [4.78, 5) is 16.0. The molecule has 0 unspecified atom stereocenters. The van der Waals surface area contributed by atoms with Crippen LogP contribution in [0.4, 0.5) is 0 Å². The van der Waals surface area contributed by atoms with E-state index in [-0.39, 0.29) is 0 Å². The van der Waals surface area contributed by atoms with Crippen LogP contribution in [0.1, 0.15) is 79.0 Å². The smallest absolute Gasteiger partial charge is 0.153 e. The van der Waals surface area contributed by atoms with Crippen molar-refractivity contribution >= 4 is 17.9 Å². The maximum Gasteiger partial charge on any atom is 0.153 e. The van der Waals surface area contributed by atoms with Gasteiger partial charge in [-0.1, -0.05) is 38.3 Å². The van der Waals surface area contributed by atoms with E-state index in [4.69, 9.17) is 11.6 Å². The molecule has 0 radical (unpaired) electrons. The maximum absolute atomic E-state index is 11.5. The van der Waals surface area contributed by atoms with Gasteiger partial charge in [0.1, 0.15) is 5.15 Å². The number of rotatable bonds is 2. The highest BCUT2D eigenvalue weighted by atomic mass is 35.5. The summed E-state index contributed by atoms with van der Waals surface area (Å²) in [5.74, 6) is 0.519. The number of fused-ring (bicyclic) bond motifs is 1. The van der Waals surface area contributed by atoms with Gasteiger partial charge in [0.15, 0.2) is 6.29 Å². The fraction of sp³-hybridized carbons (Fsp3) is 0.647. The van der Waals surface area contributed by atoms with Crippen molar-refractivity contribution < 1.29 is 4.79 Å². The molecule has 3 heteroatoms. The van der Waals surface area contributed by atoms with Crippen LogP contribution >= 0.6 is 11.6 Å². The van der Waals surface area contributed by atoms with Crippen molar-refractivity contribution in [3.05, 3.63) is 27.5 Å². The Morgan fingerprint density at radius 3 is 2.65 bits per heavy atom. The summed E-state index contributed by atoms with van der Waals surface area (Å²) in [6.07, 6.45) is 9.02. The SMILES string of the molecule is CC1(C)CCc2c(nc(Cl)c(C=O)c2C2CCCC2)C1. The van der Waals surface area contributed by atoms with E-state index in [1.807, 2.05) is 0 Å². The van der Waals surface area contributed by atoms with Crippen LogP contribution in [0.3, 0.4) is 0 Å². The van der Waals surface area contributed by atoms with E-state index in [9.17, 15) is 4.79 Å². The Kier molecular flexibility index (Phi) is 3.62. The average molecular weight is 292 g/mol. The lowest BCUT2D eigenvalue weighted by Gasteiger charge is -2.33. The molecule has 0 atom stereocenters. The van der Waals surface area contributed by atoms with Gasteiger partial charge in [-0.15, -0.1) is 0 Å². The Hall–Kier alpha value is -0.890. The van der Waals surface area contributed by atoms with E-state index >= 15 is 0 Å². The molecule has 0 bridgehead atoms. The molecular formula is C17H22ClNO. The van der Waals surface area contributed by atoms with Crippen molar-refractivity contribution in [2.24, 2.45) is 5.41 Å². The van der Waals surface area contributed by atoms with E-state index in [1.54, 1.807) is 0 Å². The molecule has 1 saturated carbocycles. The number of nitrogens with zero attached hydrogens (tertiary/aromatic N) is 1. The molecule has 0 amide bonds. The number of halogens is 1. The molecule has 0 aliphatic heterocycles. The highest BCUT2D eigenvalue weighted by Gasteiger charge is 2.33. The minimum atomic E-state index is 0.291. The first kappa shape index (κ1) is 14.1. The van der Waals surface area contributed by atoms with E-state index in [0.717, 1.165) is 24.8 Å². The number of hydrogen-bond acceptors (Lipinski definition) is 2. The zero-order chi connectivity index (χ0) is 14.3. The molecule has 0 saturated heterocycles. The molecule has 20 heavy (non-hydrogen) atoms. The highest BCUT2D eigenvalue weighted by molar-refractivity contribution is 6.32. The van der Waals surface area contributed by atoms with Gasteiger partial charge in [0.2, 0.25) is 0 Å². The molecule has 1 aromatic heterocycles. The lowest BCUT2D eigenvalue weighted by Crippen LogP contribution is -2.25. The molecule has 0 spiro atoms. The van der Waals surface area contributed by atoms with Gasteiger partial charge in [0.25, 0.3) is 0 Å². The van der Waals surface area contributed by atoms with E-state index < -0.39 is 0 Å². The molecule has 0 N–H and O–H groups in total. The van der Waals surface area contributed by atoms with E-state index in [1.165, 1.54) is 43.2 Å². The molecular weight excluding hydrogens is 270 g/mol. The third-order valence-corrected chi connectivity index (χ3v) is 5.29. The number of aromatic nitrogens is 1. The van der Waals surface area contributed by atoms with Crippen LogP contribution in [0.2, 0.25) is 5.15 Å².